The van der Waals surface area contributed by atoms with Crippen molar-refractivity contribution in [2.75, 3.05) is 0 Å². The van der Waals surface area contributed by atoms with E-state index >= 15 is 0 Å². The van der Waals surface area contributed by atoms with Crippen LogP contribution in [0.3, 0.4) is 0 Å². The fourth-order valence-corrected chi connectivity index (χ4v) is 4.81. The van der Waals surface area contributed by atoms with Gasteiger partial charge in [0, 0.05) is 22.7 Å². The van der Waals surface area contributed by atoms with Crippen LogP contribution in [0, 0.1) is 0 Å². The van der Waals surface area contributed by atoms with Gasteiger partial charge in [0.2, 0.25) is 0 Å². The van der Waals surface area contributed by atoms with E-state index < -0.39 is 0 Å². The molecule has 0 amide bonds. The van der Waals surface area contributed by atoms with Crippen molar-refractivity contribution in [3.05, 3.63) is 138 Å². The molecule has 1 heterocycles. The first kappa shape index (κ1) is 31.0. The molecule has 1 nitrogen and oxygen atoms in total. The van der Waals surface area contributed by atoms with Gasteiger partial charge >= 0.3 is 0 Å². The summed E-state index contributed by atoms with van der Waals surface area (Å²) < 4.78 is 0. The minimum atomic E-state index is 0.129. The molecule has 0 unspecified atom stereocenters. The van der Waals surface area contributed by atoms with Crippen LogP contribution < -0.4 is 0 Å². The fourth-order valence-electron chi connectivity index (χ4n) is 4.81. The molecule has 6 aromatic rings. The summed E-state index contributed by atoms with van der Waals surface area (Å²) in [4.78, 5) is 4.48. The van der Waals surface area contributed by atoms with Gasteiger partial charge in [-0.3, -0.25) is 4.98 Å². The number of nitrogens with zero attached hydrogens (tertiary/aromatic N) is 1. The Morgan fingerprint density at radius 2 is 0.714 bits per heavy atom. The van der Waals surface area contributed by atoms with E-state index in [1.54, 1.807) is 0 Å². The Bertz CT molecular complexity index is 1560. The van der Waals surface area contributed by atoms with Gasteiger partial charge in [-0.05, 0) is 55.0 Å². The second kappa shape index (κ2) is 12.5. The third-order valence-electron chi connectivity index (χ3n) is 7.63. The van der Waals surface area contributed by atoms with Gasteiger partial charge in [0.05, 0.1) is 0 Å². The Labute approximate surface area is 253 Å². The van der Waals surface area contributed by atoms with E-state index in [2.05, 4.69) is 176 Å². The number of rotatable bonds is 0. The second-order valence-corrected chi connectivity index (χ2v) is 14.3. The first-order chi connectivity index (χ1) is 19.7. The lowest BCUT2D eigenvalue weighted by atomic mass is 9.86. The Morgan fingerprint density at radius 3 is 1.10 bits per heavy atom. The van der Waals surface area contributed by atoms with Gasteiger partial charge < -0.3 is 0 Å². The van der Waals surface area contributed by atoms with Crippen molar-refractivity contribution in [3.8, 4) is 0 Å². The lowest BCUT2D eigenvalue weighted by Gasteiger charge is -2.19. The summed E-state index contributed by atoms with van der Waals surface area (Å²) in [5.41, 5.74) is 4.56. The van der Waals surface area contributed by atoms with Crippen LogP contribution in [0.5, 0.6) is 0 Å². The van der Waals surface area contributed by atoms with Gasteiger partial charge in [-0.15, -0.1) is 0 Å². The maximum Gasteiger partial charge on any atom is 0.0463 e. The Hall–Kier alpha value is -3.97. The maximum absolute atomic E-state index is 4.48. The number of benzene rings is 5. The first-order valence-corrected chi connectivity index (χ1v) is 15.1. The van der Waals surface area contributed by atoms with Crippen LogP contribution in [0.2, 0.25) is 0 Å². The Morgan fingerprint density at radius 1 is 0.357 bits per heavy atom. The van der Waals surface area contributed by atoms with Crippen molar-refractivity contribution < 1.29 is 0 Å². The van der Waals surface area contributed by atoms with Crippen LogP contribution in [-0.4, -0.2) is 4.98 Å². The Kier molecular flexibility index (Phi) is 9.21. The Balaban J connectivity index is 0.000000145. The number of hydrogen-bond donors (Lipinski definition) is 0. The van der Waals surface area contributed by atoms with Gasteiger partial charge in [0.1, 0.15) is 0 Å². The summed E-state index contributed by atoms with van der Waals surface area (Å²) >= 11 is 0. The molecule has 0 aliphatic carbocycles. The molecule has 0 saturated carbocycles. The molecule has 1 heteroatoms. The first-order valence-electron chi connectivity index (χ1n) is 15.1. The quantitative estimate of drug-likeness (QED) is 0.182. The van der Waals surface area contributed by atoms with Crippen molar-refractivity contribution in [1.29, 1.82) is 0 Å². The SMILES string of the molecule is CC(C)(C)c1cc2ccccc2cn1.CC(C)(C)c1ccc2ccccc2c1.CC(C)(C)c1ccc2ccccc2c1. The third-order valence-corrected chi connectivity index (χ3v) is 7.63. The maximum atomic E-state index is 4.48. The zero-order valence-electron chi connectivity index (χ0n) is 27.0. The van der Waals surface area contributed by atoms with Crippen molar-refractivity contribution >= 4 is 32.3 Å². The molecule has 0 fully saturated rings. The molecule has 0 aliphatic heterocycles. The minimum absolute atomic E-state index is 0.129. The van der Waals surface area contributed by atoms with Crippen LogP contribution in [0.1, 0.15) is 79.1 Å². The number of hydrogen-bond acceptors (Lipinski definition) is 1. The molecular weight excluding hydrogens is 506 g/mol. The predicted molar refractivity (Wildman–Crippen MR) is 186 cm³/mol. The predicted octanol–water partition coefficient (Wildman–Crippen LogP) is 11.8. The van der Waals surface area contributed by atoms with E-state index in [1.165, 1.54) is 43.4 Å². The molecule has 6 rings (SSSR count). The van der Waals surface area contributed by atoms with Gasteiger partial charge in [-0.1, -0.05) is 172 Å². The van der Waals surface area contributed by atoms with Gasteiger partial charge in [0.15, 0.2) is 0 Å². The van der Waals surface area contributed by atoms with Crippen molar-refractivity contribution in [2.45, 2.75) is 78.6 Å². The lowest BCUT2D eigenvalue weighted by molar-refractivity contribution is 0.570. The second-order valence-electron chi connectivity index (χ2n) is 14.3. The topological polar surface area (TPSA) is 12.9 Å². The lowest BCUT2D eigenvalue weighted by Crippen LogP contribution is -2.12. The smallest absolute Gasteiger partial charge is 0.0463 e. The summed E-state index contributed by atoms with van der Waals surface area (Å²) in [6.07, 6.45) is 1.95. The van der Waals surface area contributed by atoms with Crippen LogP contribution in [-0.2, 0) is 16.2 Å². The molecule has 42 heavy (non-hydrogen) atoms. The average molecular weight is 554 g/mol. The minimum Gasteiger partial charge on any atom is -0.260 e. The zero-order chi connectivity index (χ0) is 30.5. The summed E-state index contributed by atoms with van der Waals surface area (Å²) in [5, 5.41) is 7.79. The number of fused-ring (bicyclic) bond motifs is 3. The highest BCUT2D eigenvalue weighted by atomic mass is 14.7. The molecule has 5 aromatic carbocycles. The molecule has 0 spiro atoms. The highest BCUT2D eigenvalue weighted by Crippen LogP contribution is 2.27. The van der Waals surface area contributed by atoms with Gasteiger partial charge in [0.25, 0.3) is 0 Å². The highest BCUT2D eigenvalue weighted by molar-refractivity contribution is 5.84. The van der Waals surface area contributed by atoms with Crippen LogP contribution >= 0.6 is 0 Å². The number of aromatic nitrogens is 1. The normalized spacial score (nSPS) is 11.9. The highest BCUT2D eigenvalue weighted by Gasteiger charge is 2.15. The molecule has 216 valence electrons. The van der Waals surface area contributed by atoms with E-state index in [1.807, 2.05) is 12.3 Å². The molecule has 0 bridgehead atoms. The summed E-state index contributed by atoms with van der Waals surface area (Å²) in [7, 11) is 0. The van der Waals surface area contributed by atoms with Crippen molar-refractivity contribution in [1.82, 2.24) is 4.98 Å². The molecule has 0 aliphatic rings. The molecular formula is C41H47N. The number of pyridine rings is 1. The largest absolute Gasteiger partial charge is 0.260 e. The molecule has 0 N–H and O–H groups in total. The van der Waals surface area contributed by atoms with E-state index in [0.717, 1.165) is 5.69 Å². The molecule has 0 radical (unpaired) electrons. The van der Waals surface area contributed by atoms with Gasteiger partial charge in [-0.2, -0.15) is 0 Å². The molecule has 0 saturated heterocycles. The van der Waals surface area contributed by atoms with Crippen LogP contribution in [0.25, 0.3) is 32.3 Å². The summed E-state index contributed by atoms with van der Waals surface area (Å²) in [6, 6.07) is 40.9. The van der Waals surface area contributed by atoms with E-state index in [4.69, 9.17) is 0 Å². The summed E-state index contributed by atoms with van der Waals surface area (Å²) in [6.45, 7) is 20.0. The zero-order valence-corrected chi connectivity index (χ0v) is 27.0. The van der Waals surface area contributed by atoms with E-state index in [0.29, 0.717) is 0 Å². The van der Waals surface area contributed by atoms with Gasteiger partial charge in [-0.25, -0.2) is 0 Å². The summed E-state index contributed by atoms with van der Waals surface area (Å²) in [5.74, 6) is 0. The van der Waals surface area contributed by atoms with E-state index in [-0.39, 0.29) is 16.2 Å². The monoisotopic (exact) mass is 553 g/mol. The molecule has 1 aromatic heterocycles. The fraction of sp³-hybridized carbons (Fsp3) is 0.293. The van der Waals surface area contributed by atoms with Crippen LogP contribution in [0.15, 0.2) is 121 Å². The van der Waals surface area contributed by atoms with E-state index in [9.17, 15) is 0 Å². The van der Waals surface area contributed by atoms with Crippen molar-refractivity contribution in [3.63, 3.8) is 0 Å². The van der Waals surface area contributed by atoms with Crippen molar-refractivity contribution in [2.24, 2.45) is 0 Å². The third kappa shape index (κ3) is 8.07. The average Bonchev–Trinajstić information content (AvgIpc) is 2.95. The molecule has 0 atom stereocenters. The standard InChI is InChI=1S/2C14H16.C13H15N/c2*1-14(2,3)13-9-8-11-6-4-5-7-12(11)10-13;1-13(2,3)12-8-10-6-4-5-7-11(10)9-14-12/h2*4-10H,1-3H3;4-9H,1-3H3. The van der Waals surface area contributed by atoms with Crippen LogP contribution in [0.4, 0.5) is 0 Å².